The van der Waals surface area contributed by atoms with Gasteiger partial charge in [0.15, 0.2) is 0 Å². The fourth-order valence-corrected chi connectivity index (χ4v) is 8.69. The van der Waals surface area contributed by atoms with Crippen LogP contribution in [-0.2, 0) is 24.5 Å². The third kappa shape index (κ3) is 10.0. The molecular formula is C49H62N8O7. The van der Waals surface area contributed by atoms with Crippen molar-refractivity contribution in [3.8, 4) is 5.75 Å². The van der Waals surface area contributed by atoms with Gasteiger partial charge in [-0.1, -0.05) is 72.7 Å². The number of hydrogen-bond acceptors (Lipinski definition) is 9. The Hall–Kier alpha value is -6.38. The Balaban J connectivity index is 1.18. The Morgan fingerprint density at radius 1 is 0.734 bits per heavy atom. The second kappa shape index (κ2) is 19.2. The number of carbonyl (C=O) groups is 4. The first-order chi connectivity index (χ1) is 30.5. The van der Waals surface area contributed by atoms with E-state index in [1.54, 1.807) is 0 Å². The molecule has 0 unspecified atom stereocenters. The highest BCUT2D eigenvalue weighted by Crippen LogP contribution is 2.35. The first kappa shape index (κ1) is 45.6. The van der Waals surface area contributed by atoms with Gasteiger partial charge >= 0.3 is 12.2 Å². The maximum atomic E-state index is 13.8. The molecule has 0 bridgehead atoms. The van der Waals surface area contributed by atoms with Gasteiger partial charge in [0.2, 0.25) is 11.8 Å². The van der Waals surface area contributed by atoms with Gasteiger partial charge in [-0.25, -0.2) is 19.6 Å². The van der Waals surface area contributed by atoms with Crippen LogP contribution in [0.4, 0.5) is 9.59 Å². The lowest BCUT2D eigenvalue weighted by Crippen LogP contribution is -2.51. The average molecular weight is 875 g/mol. The van der Waals surface area contributed by atoms with Crippen LogP contribution in [-0.4, -0.2) is 99.7 Å². The van der Waals surface area contributed by atoms with Gasteiger partial charge in [0.25, 0.3) is 0 Å². The van der Waals surface area contributed by atoms with E-state index in [-0.39, 0.29) is 47.8 Å². The smallest absolute Gasteiger partial charge is 0.407 e. The number of carbonyl (C=O) groups excluding carboxylic acids is 4. The minimum atomic E-state index is -0.727. The largest absolute Gasteiger partial charge is 0.489 e. The molecule has 0 aliphatic carbocycles. The molecule has 7 rings (SSSR count). The fraction of sp³-hybridized carbons (Fsp3) is 0.469. The maximum Gasteiger partial charge on any atom is 0.407 e. The molecule has 4 atom stereocenters. The molecule has 0 spiro atoms. The van der Waals surface area contributed by atoms with E-state index in [1.807, 2.05) is 73.9 Å². The quantitative estimate of drug-likeness (QED) is 0.0844. The predicted octanol–water partition coefficient (Wildman–Crippen LogP) is 8.44. The molecule has 2 fully saturated rings. The highest BCUT2D eigenvalue weighted by molar-refractivity contribution is 5.90. The van der Waals surface area contributed by atoms with Crippen LogP contribution in [0.5, 0.6) is 5.75 Å². The van der Waals surface area contributed by atoms with E-state index < -0.39 is 24.3 Å². The van der Waals surface area contributed by atoms with Crippen LogP contribution >= 0.6 is 0 Å². The van der Waals surface area contributed by atoms with Crippen LogP contribution in [0.25, 0.3) is 33.7 Å². The van der Waals surface area contributed by atoms with Crippen molar-refractivity contribution in [1.29, 1.82) is 0 Å². The molecule has 64 heavy (non-hydrogen) atoms. The number of nitrogens with zero attached hydrogens (tertiary/aromatic N) is 4. The summed E-state index contributed by atoms with van der Waals surface area (Å²) in [5.41, 5.74) is 7.22. The number of likely N-dealkylation sites (tertiary alicyclic amines) is 2. The summed E-state index contributed by atoms with van der Waals surface area (Å²) >= 11 is 0. The number of nitrogens with one attached hydrogen (secondary N) is 4. The molecule has 0 radical (unpaired) electrons. The first-order valence-electron chi connectivity index (χ1n) is 22.3. The first-order valence-corrected chi connectivity index (χ1v) is 22.3. The molecular weight excluding hydrogens is 813 g/mol. The van der Waals surface area contributed by atoms with E-state index >= 15 is 0 Å². The third-order valence-corrected chi connectivity index (χ3v) is 12.3. The van der Waals surface area contributed by atoms with E-state index in [0.717, 1.165) is 70.2 Å². The maximum absolute atomic E-state index is 13.8. The number of H-pyrrole nitrogens is 2. The van der Waals surface area contributed by atoms with Gasteiger partial charge in [0.05, 0.1) is 48.4 Å². The van der Waals surface area contributed by atoms with Crippen LogP contribution in [0.15, 0.2) is 60.7 Å². The summed E-state index contributed by atoms with van der Waals surface area (Å²) in [5, 5.41) is 5.44. The summed E-state index contributed by atoms with van der Waals surface area (Å²) in [5.74, 6) is 1.55. The lowest BCUT2D eigenvalue weighted by molar-refractivity contribution is -0.136. The van der Waals surface area contributed by atoms with Crippen LogP contribution in [0.3, 0.4) is 0 Å². The van der Waals surface area contributed by atoms with Crippen molar-refractivity contribution in [2.24, 2.45) is 11.8 Å². The van der Waals surface area contributed by atoms with Crippen molar-refractivity contribution in [1.82, 2.24) is 40.4 Å². The van der Waals surface area contributed by atoms with E-state index in [4.69, 9.17) is 24.2 Å². The molecule has 15 nitrogen and oxygen atoms in total. The van der Waals surface area contributed by atoms with E-state index in [9.17, 15) is 19.2 Å². The topological polar surface area (TPSA) is 184 Å². The monoisotopic (exact) mass is 874 g/mol. The Morgan fingerprint density at radius 2 is 1.23 bits per heavy atom. The Morgan fingerprint density at radius 3 is 1.72 bits per heavy atom. The zero-order valence-corrected chi connectivity index (χ0v) is 38.4. The van der Waals surface area contributed by atoms with Crippen molar-refractivity contribution < 1.29 is 33.4 Å². The molecule has 15 heteroatoms. The number of aromatic amines is 2. The number of imidazole rings is 2. The number of aromatic nitrogens is 4. The average Bonchev–Trinajstić information content (AvgIpc) is 4.10. The summed E-state index contributed by atoms with van der Waals surface area (Å²) in [4.78, 5) is 72.5. The molecule has 2 aliphatic heterocycles. The highest BCUT2D eigenvalue weighted by Gasteiger charge is 2.39. The predicted molar refractivity (Wildman–Crippen MR) is 246 cm³/mol. The van der Waals surface area contributed by atoms with Gasteiger partial charge in [-0.3, -0.25) is 9.59 Å². The highest BCUT2D eigenvalue weighted by atomic mass is 16.5. The van der Waals surface area contributed by atoms with Crippen LogP contribution in [0.1, 0.15) is 115 Å². The van der Waals surface area contributed by atoms with Gasteiger partial charge in [-0.2, -0.15) is 0 Å². The van der Waals surface area contributed by atoms with Gasteiger partial charge in [-0.15, -0.1) is 0 Å². The van der Waals surface area contributed by atoms with Gasteiger partial charge < -0.3 is 44.6 Å². The molecule has 2 aromatic heterocycles. The lowest BCUT2D eigenvalue weighted by Gasteiger charge is -2.29. The molecule has 0 saturated carbocycles. The molecule has 2 aliphatic rings. The van der Waals surface area contributed by atoms with Crippen molar-refractivity contribution >= 4 is 57.7 Å². The van der Waals surface area contributed by atoms with Crippen molar-refractivity contribution in [3.05, 3.63) is 89.0 Å². The number of methoxy groups -OCH3 is 2. The molecule has 4 N–H and O–H groups in total. The number of rotatable bonds is 13. The second-order valence-electron chi connectivity index (χ2n) is 18.6. The van der Waals surface area contributed by atoms with Crippen LogP contribution in [0, 0.1) is 11.8 Å². The lowest BCUT2D eigenvalue weighted by atomic mass is 9.87. The minimum Gasteiger partial charge on any atom is -0.489 e. The molecule has 4 heterocycles. The van der Waals surface area contributed by atoms with Crippen LogP contribution in [0.2, 0.25) is 0 Å². The normalized spacial score (nSPS) is 17.9. The molecule has 4 amide bonds. The van der Waals surface area contributed by atoms with Crippen LogP contribution < -0.4 is 15.4 Å². The number of hydrogen-bond donors (Lipinski definition) is 4. The van der Waals surface area contributed by atoms with Crippen molar-refractivity contribution in [2.75, 3.05) is 33.9 Å². The standard InChI is InChI=1S/C49H62N8O7/c1-28(2)41(54-47(60)62-8)45(58)56-22-10-12-39(56)43-50-35-20-14-30(25-37(35)52-43)24-32(27-64-34-18-16-33(17-19-34)49(5,6)7)31-15-21-36-38(26-31)53-44(51-36)40-13-11-23-57(40)46(59)42(29(3)4)55-48(61)63-9/h14-21,24-26,28-29,39-42H,10-13,22-23,27H2,1-9H3,(H,50,52)(H,51,53)(H,54,60)(H,55,61)/b32-24+/t39-,40-,41-,42-/m0/s1. The summed E-state index contributed by atoms with van der Waals surface area (Å²) in [7, 11) is 2.58. The molecule has 5 aromatic rings. The summed E-state index contributed by atoms with van der Waals surface area (Å²) in [6.45, 7) is 15.6. The third-order valence-electron chi connectivity index (χ3n) is 12.3. The summed E-state index contributed by atoms with van der Waals surface area (Å²) < 4.78 is 16.1. The second-order valence-corrected chi connectivity index (χ2v) is 18.6. The van der Waals surface area contributed by atoms with Crippen molar-refractivity contribution in [3.63, 3.8) is 0 Å². The van der Waals surface area contributed by atoms with E-state index in [1.165, 1.54) is 19.8 Å². The minimum absolute atomic E-state index is 0.00973. The Labute approximate surface area is 374 Å². The van der Waals surface area contributed by atoms with Gasteiger partial charge in [-0.05, 0) is 108 Å². The van der Waals surface area contributed by atoms with Crippen molar-refractivity contribution in [2.45, 2.75) is 104 Å². The number of benzene rings is 3. The molecule has 2 saturated heterocycles. The molecule has 340 valence electrons. The zero-order valence-electron chi connectivity index (χ0n) is 38.4. The number of alkyl carbamates (subject to hydrolysis) is 2. The number of ether oxygens (including phenoxy) is 3. The summed E-state index contributed by atoms with van der Waals surface area (Å²) in [6, 6.07) is 18.4. The Kier molecular flexibility index (Phi) is 13.7. The summed E-state index contributed by atoms with van der Waals surface area (Å²) in [6.07, 6.45) is 3.95. The Bertz CT molecular complexity index is 2520. The number of fused-ring (bicyclic) bond motifs is 2. The van der Waals surface area contributed by atoms with Gasteiger partial charge in [0, 0.05) is 13.1 Å². The SMILES string of the molecule is COC(=O)N[C@H](C(=O)N1CCC[C@H]1c1nc2ccc(/C=C(\COc3ccc(C(C)(C)C)cc3)c3ccc4nc([C@@H]5CCCN5C(=O)[C@@H](NC(=O)OC)C(C)C)[nH]c4c3)cc2[nH]1)C(C)C. The number of amides is 4. The molecule has 3 aromatic carbocycles. The van der Waals surface area contributed by atoms with E-state index in [2.05, 4.69) is 71.7 Å². The van der Waals surface area contributed by atoms with E-state index in [0.29, 0.717) is 24.7 Å². The zero-order chi connectivity index (χ0) is 45.9. The van der Waals surface area contributed by atoms with Gasteiger partial charge in [0.1, 0.15) is 36.1 Å². The fourth-order valence-electron chi connectivity index (χ4n) is 8.69.